The van der Waals surface area contributed by atoms with Crippen molar-refractivity contribution >= 4 is 0 Å². The van der Waals surface area contributed by atoms with Crippen LogP contribution in [0.3, 0.4) is 0 Å². The summed E-state index contributed by atoms with van der Waals surface area (Å²) in [7, 11) is 0. The third kappa shape index (κ3) is 4.78. The zero-order valence-electron chi connectivity index (χ0n) is 10.8. The second-order valence-electron chi connectivity index (χ2n) is 4.93. The van der Waals surface area contributed by atoms with Crippen LogP contribution in [-0.2, 0) is 19.6 Å². The van der Waals surface area contributed by atoms with Gasteiger partial charge in [0, 0.05) is 12.8 Å². The molecule has 0 N–H and O–H groups in total. The molecule has 1 aliphatic rings. The summed E-state index contributed by atoms with van der Waals surface area (Å²) in [5, 5.41) is 0. The summed E-state index contributed by atoms with van der Waals surface area (Å²) >= 11 is 0. The minimum atomic E-state index is -0.702. The Morgan fingerprint density at radius 2 is 1.19 bits per heavy atom. The highest BCUT2D eigenvalue weighted by molar-refractivity contribution is 4.72. The fourth-order valence-corrected chi connectivity index (χ4v) is 1.64. The molecule has 0 unspecified atom stereocenters. The molecule has 0 saturated heterocycles. The maximum Gasteiger partial charge on any atom is 0.234 e. The third-order valence-corrected chi connectivity index (χ3v) is 2.40. The average molecular weight is 232 g/mol. The Labute approximate surface area is 98.1 Å². The second-order valence-corrected chi connectivity index (χ2v) is 4.93. The SMILES string of the molecule is CC(C)OOC1(OOC(C)C)CCCCC1. The van der Waals surface area contributed by atoms with Crippen LogP contribution in [0.15, 0.2) is 0 Å². The van der Waals surface area contributed by atoms with Crippen molar-refractivity contribution in [1.29, 1.82) is 0 Å². The number of hydrogen-bond acceptors (Lipinski definition) is 4. The van der Waals surface area contributed by atoms with Gasteiger partial charge in [0.05, 0.1) is 12.2 Å². The Hall–Kier alpha value is -0.160. The maximum absolute atomic E-state index is 5.44. The summed E-state index contributed by atoms with van der Waals surface area (Å²) in [6.07, 6.45) is 5.10. The molecule has 4 heteroatoms. The summed E-state index contributed by atoms with van der Waals surface area (Å²) < 4.78 is 0. The zero-order chi connectivity index (χ0) is 12.0. The molecule has 0 spiro atoms. The molecule has 1 aliphatic carbocycles. The van der Waals surface area contributed by atoms with Crippen LogP contribution >= 0.6 is 0 Å². The van der Waals surface area contributed by atoms with Gasteiger partial charge in [0.25, 0.3) is 0 Å². The summed E-state index contributed by atoms with van der Waals surface area (Å²) in [5.41, 5.74) is 0. The molecule has 0 radical (unpaired) electrons. The van der Waals surface area contributed by atoms with Crippen molar-refractivity contribution in [2.24, 2.45) is 0 Å². The highest BCUT2D eigenvalue weighted by Gasteiger charge is 2.38. The van der Waals surface area contributed by atoms with E-state index < -0.39 is 5.79 Å². The van der Waals surface area contributed by atoms with E-state index in [-0.39, 0.29) is 12.2 Å². The summed E-state index contributed by atoms with van der Waals surface area (Å²) in [6, 6.07) is 0. The van der Waals surface area contributed by atoms with Crippen LogP contribution in [0, 0.1) is 0 Å². The van der Waals surface area contributed by atoms with Crippen LogP contribution in [0.25, 0.3) is 0 Å². The Bertz CT molecular complexity index is 171. The Morgan fingerprint density at radius 3 is 1.56 bits per heavy atom. The van der Waals surface area contributed by atoms with Crippen LogP contribution in [-0.4, -0.2) is 18.0 Å². The minimum absolute atomic E-state index is 0.0291. The highest BCUT2D eigenvalue weighted by atomic mass is 17.3. The molecular weight excluding hydrogens is 208 g/mol. The Morgan fingerprint density at radius 1 is 0.750 bits per heavy atom. The second kappa shape index (κ2) is 6.55. The molecule has 16 heavy (non-hydrogen) atoms. The first-order valence-corrected chi connectivity index (χ1v) is 6.23. The molecule has 0 aliphatic heterocycles. The summed E-state index contributed by atoms with van der Waals surface area (Å²) in [5.74, 6) is -0.702. The van der Waals surface area contributed by atoms with Crippen molar-refractivity contribution in [2.45, 2.75) is 77.8 Å². The maximum atomic E-state index is 5.44. The lowest BCUT2D eigenvalue weighted by atomic mass is 9.94. The quantitative estimate of drug-likeness (QED) is 0.400. The van der Waals surface area contributed by atoms with Gasteiger partial charge in [-0.3, -0.25) is 0 Å². The molecular formula is C12H24O4. The predicted molar refractivity (Wildman–Crippen MR) is 60.4 cm³/mol. The third-order valence-electron chi connectivity index (χ3n) is 2.40. The fraction of sp³-hybridized carbons (Fsp3) is 1.00. The van der Waals surface area contributed by atoms with Gasteiger partial charge >= 0.3 is 0 Å². The van der Waals surface area contributed by atoms with Gasteiger partial charge in [0.2, 0.25) is 5.79 Å². The first-order chi connectivity index (χ1) is 7.54. The first-order valence-electron chi connectivity index (χ1n) is 6.23. The fourth-order valence-electron chi connectivity index (χ4n) is 1.64. The monoisotopic (exact) mass is 232 g/mol. The van der Waals surface area contributed by atoms with Crippen molar-refractivity contribution < 1.29 is 19.6 Å². The van der Waals surface area contributed by atoms with E-state index in [2.05, 4.69) is 0 Å². The van der Waals surface area contributed by atoms with Crippen LogP contribution in [0.4, 0.5) is 0 Å². The van der Waals surface area contributed by atoms with Crippen molar-refractivity contribution in [1.82, 2.24) is 0 Å². The van der Waals surface area contributed by atoms with Crippen LogP contribution < -0.4 is 0 Å². The smallest absolute Gasteiger partial charge is 0.231 e. The van der Waals surface area contributed by atoms with Gasteiger partial charge < -0.3 is 0 Å². The van der Waals surface area contributed by atoms with Gasteiger partial charge in [0.15, 0.2) is 0 Å². The minimum Gasteiger partial charge on any atom is -0.231 e. The molecule has 0 aromatic rings. The summed E-state index contributed by atoms with van der Waals surface area (Å²) in [4.78, 5) is 21.3. The van der Waals surface area contributed by atoms with Crippen molar-refractivity contribution in [3.05, 3.63) is 0 Å². The van der Waals surface area contributed by atoms with Gasteiger partial charge in [0.1, 0.15) is 0 Å². The number of hydrogen-bond donors (Lipinski definition) is 0. The van der Waals surface area contributed by atoms with Crippen LogP contribution in [0.1, 0.15) is 59.8 Å². The van der Waals surface area contributed by atoms with Gasteiger partial charge in [-0.2, -0.15) is 9.78 Å². The van der Waals surface area contributed by atoms with Gasteiger partial charge in [-0.1, -0.05) is 6.42 Å². The molecule has 0 heterocycles. The van der Waals surface area contributed by atoms with E-state index >= 15 is 0 Å². The van der Waals surface area contributed by atoms with Crippen molar-refractivity contribution in [3.63, 3.8) is 0 Å². The molecule has 1 fully saturated rings. The van der Waals surface area contributed by atoms with Crippen molar-refractivity contribution in [2.75, 3.05) is 0 Å². The lowest BCUT2D eigenvalue weighted by Crippen LogP contribution is -2.39. The molecule has 4 nitrogen and oxygen atoms in total. The lowest BCUT2D eigenvalue weighted by Gasteiger charge is -2.34. The average Bonchev–Trinajstić information content (AvgIpc) is 2.25. The number of rotatable bonds is 6. The van der Waals surface area contributed by atoms with Crippen LogP contribution in [0.5, 0.6) is 0 Å². The van der Waals surface area contributed by atoms with E-state index in [0.29, 0.717) is 0 Å². The molecule has 0 amide bonds. The molecule has 1 saturated carbocycles. The first kappa shape index (κ1) is 13.9. The van der Waals surface area contributed by atoms with E-state index in [1.807, 2.05) is 27.7 Å². The molecule has 0 bridgehead atoms. The largest absolute Gasteiger partial charge is 0.234 e. The molecule has 96 valence electrons. The van der Waals surface area contributed by atoms with E-state index in [1.54, 1.807) is 0 Å². The molecule has 0 atom stereocenters. The van der Waals surface area contributed by atoms with Gasteiger partial charge in [-0.25, -0.2) is 9.78 Å². The standard InChI is InChI=1S/C12H24O4/c1-10(2)13-15-12(16-14-11(3)4)8-6-5-7-9-12/h10-11H,5-9H2,1-4H3. The Balaban J connectivity index is 2.45. The predicted octanol–water partition coefficient (Wildman–Crippen LogP) is 3.36. The van der Waals surface area contributed by atoms with E-state index in [4.69, 9.17) is 19.6 Å². The van der Waals surface area contributed by atoms with E-state index in [0.717, 1.165) is 25.7 Å². The molecule has 0 aromatic heterocycles. The van der Waals surface area contributed by atoms with Crippen molar-refractivity contribution in [3.8, 4) is 0 Å². The van der Waals surface area contributed by atoms with Gasteiger partial charge in [-0.05, 0) is 40.5 Å². The highest BCUT2D eigenvalue weighted by Crippen LogP contribution is 2.33. The lowest BCUT2D eigenvalue weighted by molar-refractivity contribution is -0.529. The van der Waals surface area contributed by atoms with E-state index in [9.17, 15) is 0 Å². The zero-order valence-corrected chi connectivity index (χ0v) is 10.8. The topological polar surface area (TPSA) is 36.9 Å². The van der Waals surface area contributed by atoms with Gasteiger partial charge in [-0.15, -0.1) is 0 Å². The molecule has 1 rings (SSSR count). The molecule has 0 aromatic carbocycles. The normalized spacial score (nSPS) is 20.6. The van der Waals surface area contributed by atoms with Crippen LogP contribution in [0.2, 0.25) is 0 Å². The summed E-state index contributed by atoms with van der Waals surface area (Å²) in [6.45, 7) is 7.72. The Kier molecular flexibility index (Phi) is 5.69. The van der Waals surface area contributed by atoms with E-state index in [1.165, 1.54) is 6.42 Å².